The summed E-state index contributed by atoms with van der Waals surface area (Å²) in [7, 11) is 6.33. The van der Waals surface area contributed by atoms with Crippen molar-refractivity contribution in [2.24, 2.45) is 0 Å². The molecule has 0 saturated carbocycles. The first kappa shape index (κ1) is 10.2. The number of nitrogens with one attached hydrogen (secondary N) is 1. The molecule has 2 aromatic heterocycles. The van der Waals surface area contributed by atoms with Crippen molar-refractivity contribution in [2.45, 2.75) is 0 Å². The molecule has 1 N–H and O–H groups in total. The predicted molar refractivity (Wildman–Crippen MR) is 59.8 cm³/mol. The lowest BCUT2D eigenvalue weighted by Gasteiger charge is -1.90. The van der Waals surface area contributed by atoms with Crippen molar-refractivity contribution in [3.63, 3.8) is 0 Å². The van der Waals surface area contributed by atoms with E-state index < -0.39 is 0 Å². The van der Waals surface area contributed by atoms with E-state index in [1.165, 1.54) is 5.39 Å². The van der Waals surface area contributed by atoms with Gasteiger partial charge in [-0.25, -0.2) is 4.98 Å². The molecule has 0 aromatic carbocycles. The first-order chi connectivity index (χ1) is 6.29. The van der Waals surface area contributed by atoms with Crippen LogP contribution >= 0.6 is 9.39 Å². The van der Waals surface area contributed by atoms with Crippen LogP contribution in [0.25, 0.3) is 11.0 Å². The maximum Gasteiger partial charge on any atom is 0.142 e. The van der Waals surface area contributed by atoms with Gasteiger partial charge in [-0.1, -0.05) is 0 Å². The van der Waals surface area contributed by atoms with Crippen molar-refractivity contribution < 1.29 is 0 Å². The van der Waals surface area contributed by atoms with Crippen molar-refractivity contribution in [3.8, 4) is 0 Å². The van der Waals surface area contributed by atoms with Crippen LogP contribution in [0.15, 0.2) is 30.6 Å². The Morgan fingerprint density at radius 1 is 1.38 bits per heavy atom. The smallest absolute Gasteiger partial charge is 0.142 e. The molecule has 13 heavy (non-hydrogen) atoms. The highest BCUT2D eigenvalue weighted by Crippen LogP contribution is 2.13. The highest BCUT2D eigenvalue weighted by Gasteiger charge is 1.94. The molecule has 0 aliphatic heterocycles. The zero-order valence-corrected chi connectivity index (χ0v) is 9.01. The number of rotatable bonds is 0. The predicted octanol–water partition coefficient (Wildman–Crippen LogP) is 1.51. The number of hydrogen-bond donors (Lipinski definition) is 1. The lowest BCUT2D eigenvalue weighted by atomic mass is 10.3. The van der Waals surface area contributed by atoms with Gasteiger partial charge in [-0.2, -0.15) is 0 Å². The third kappa shape index (κ3) is 2.51. The second-order valence-electron chi connectivity index (χ2n) is 2.64. The summed E-state index contributed by atoms with van der Waals surface area (Å²) in [6.07, 6.45) is 3.77. The largest absolute Gasteiger partial charge is 0.323 e. The summed E-state index contributed by atoms with van der Waals surface area (Å²) in [5.41, 5.74) is 1.01. The van der Waals surface area contributed by atoms with Crippen LogP contribution in [0.3, 0.4) is 0 Å². The molecule has 0 fully saturated rings. The highest BCUT2D eigenvalue weighted by molar-refractivity contribution is 7.14. The van der Waals surface area contributed by atoms with E-state index in [0.29, 0.717) is 0 Å². The zero-order chi connectivity index (χ0) is 9.68. The topological polar surface area (TPSA) is 29.9 Å². The molecule has 70 valence electrons. The van der Waals surface area contributed by atoms with E-state index in [0.717, 1.165) is 5.65 Å². The normalized spacial score (nSPS) is 9.46. The number of hydrogen-bond acceptors (Lipinski definition) is 2. The maximum atomic E-state index is 4.18. The van der Waals surface area contributed by atoms with Crippen LogP contribution in [0.4, 0.5) is 0 Å². The molecular weight excluding hydrogens is 181 g/mol. The molecule has 0 spiro atoms. The van der Waals surface area contributed by atoms with E-state index in [4.69, 9.17) is 0 Å². The van der Waals surface area contributed by atoms with Crippen molar-refractivity contribution in [1.82, 2.24) is 14.6 Å². The van der Waals surface area contributed by atoms with Crippen molar-refractivity contribution in [3.05, 3.63) is 30.6 Å². The van der Waals surface area contributed by atoms with Crippen LogP contribution in [0.1, 0.15) is 0 Å². The van der Waals surface area contributed by atoms with E-state index in [-0.39, 0.29) is 0 Å². The number of fused-ring (bicyclic) bond motifs is 1. The summed E-state index contributed by atoms with van der Waals surface area (Å²) in [6, 6.07) is 6.02. The molecule has 0 saturated heterocycles. The molecule has 4 heteroatoms. The first-order valence-electron chi connectivity index (χ1n) is 4.05. The average molecular weight is 195 g/mol. The summed E-state index contributed by atoms with van der Waals surface area (Å²) in [6.45, 7) is 0. The van der Waals surface area contributed by atoms with Gasteiger partial charge in [0.05, 0.1) is 0 Å². The molecule has 2 aromatic rings. The van der Waals surface area contributed by atoms with Gasteiger partial charge in [0.25, 0.3) is 0 Å². The second-order valence-corrected chi connectivity index (χ2v) is 3.20. The minimum Gasteiger partial charge on any atom is -0.323 e. The van der Waals surface area contributed by atoms with Crippen LogP contribution in [-0.4, -0.2) is 23.4 Å². The Kier molecular flexibility index (Phi) is 3.87. The molecule has 2 rings (SSSR count). The molecule has 1 atom stereocenters. The van der Waals surface area contributed by atoms with Crippen LogP contribution in [-0.2, 0) is 0 Å². The van der Waals surface area contributed by atoms with Gasteiger partial charge in [-0.15, -0.1) is 0 Å². The van der Waals surface area contributed by atoms with Crippen LogP contribution in [0.5, 0.6) is 0 Å². The Bertz CT molecular complexity index is 370. The second kappa shape index (κ2) is 4.95. The van der Waals surface area contributed by atoms with Gasteiger partial charge in [0, 0.05) is 17.8 Å². The number of pyridine rings is 1. The van der Waals surface area contributed by atoms with Crippen molar-refractivity contribution in [2.75, 3.05) is 14.1 Å². The maximum absolute atomic E-state index is 4.18. The minimum absolute atomic E-state index is 1.01. The van der Waals surface area contributed by atoms with Crippen LogP contribution < -0.4 is 5.32 Å². The fourth-order valence-electron chi connectivity index (χ4n) is 0.986. The molecular formula is C9H14N3P. The molecule has 1 unspecified atom stereocenters. The van der Waals surface area contributed by atoms with Crippen LogP contribution in [0, 0.1) is 0 Å². The Morgan fingerprint density at radius 2 is 2.08 bits per heavy atom. The molecule has 3 nitrogen and oxygen atoms in total. The Labute approximate surface area is 80.4 Å². The summed E-state index contributed by atoms with van der Waals surface area (Å²) in [5.74, 6) is 0. The molecule has 0 bridgehead atoms. The van der Waals surface area contributed by atoms with E-state index in [1.54, 1.807) is 6.20 Å². The number of aromatic nitrogens is 2. The SMILES string of the molecule is CNC.Pn1ccc2cccnc21. The fourth-order valence-corrected chi connectivity index (χ4v) is 1.29. The zero-order valence-electron chi connectivity index (χ0n) is 7.86. The van der Waals surface area contributed by atoms with Gasteiger partial charge < -0.3 is 9.65 Å². The van der Waals surface area contributed by atoms with E-state index in [1.807, 2.05) is 42.8 Å². The minimum atomic E-state index is 1.01. The average Bonchev–Trinajstić information content (AvgIpc) is 2.50. The molecule has 0 aliphatic rings. The van der Waals surface area contributed by atoms with Gasteiger partial charge in [0.15, 0.2) is 0 Å². The standard InChI is InChI=1S/C7H7N2P.C2H7N/c10-9-5-3-6-2-1-4-8-7(6)9;1-3-2/h1-5H,10H2;3H,1-2H3. The third-order valence-corrected chi connectivity index (χ3v) is 1.89. The van der Waals surface area contributed by atoms with E-state index >= 15 is 0 Å². The Morgan fingerprint density at radius 3 is 2.69 bits per heavy atom. The van der Waals surface area contributed by atoms with Crippen molar-refractivity contribution in [1.29, 1.82) is 0 Å². The molecule has 2 heterocycles. The number of nitrogens with zero attached hydrogens (tertiary/aromatic N) is 2. The van der Waals surface area contributed by atoms with Gasteiger partial charge in [-0.05, 0) is 41.7 Å². The van der Waals surface area contributed by atoms with Gasteiger partial charge in [0.2, 0.25) is 0 Å². The highest BCUT2D eigenvalue weighted by atomic mass is 31.0. The summed E-state index contributed by atoms with van der Waals surface area (Å²) < 4.78 is 1.93. The monoisotopic (exact) mass is 195 g/mol. The Hall–Kier alpha value is -0.920. The molecule has 0 radical (unpaired) electrons. The van der Waals surface area contributed by atoms with E-state index in [9.17, 15) is 0 Å². The van der Waals surface area contributed by atoms with Crippen LogP contribution in [0.2, 0.25) is 0 Å². The molecule has 0 amide bonds. The first-order valence-corrected chi connectivity index (χ1v) is 4.57. The van der Waals surface area contributed by atoms with Gasteiger partial charge in [-0.3, -0.25) is 0 Å². The van der Waals surface area contributed by atoms with Gasteiger partial charge >= 0.3 is 0 Å². The van der Waals surface area contributed by atoms with E-state index in [2.05, 4.69) is 19.7 Å². The fraction of sp³-hybridized carbons (Fsp3) is 0.222. The summed E-state index contributed by atoms with van der Waals surface area (Å²) >= 11 is 0. The van der Waals surface area contributed by atoms with Gasteiger partial charge in [0.1, 0.15) is 5.65 Å². The Balaban J connectivity index is 0.000000251. The quantitative estimate of drug-likeness (QED) is 0.646. The van der Waals surface area contributed by atoms with Crippen molar-refractivity contribution >= 4 is 20.4 Å². The molecule has 0 aliphatic carbocycles. The lowest BCUT2D eigenvalue weighted by molar-refractivity contribution is 1.02. The summed E-state index contributed by atoms with van der Waals surface area (Å²) in [5, 5.41) is 3.93. The lowest BCUT2D eigenvalue weighted by Crippen LogP contribution is -1.89. The third-order valence-electron chi connectivity index (χ3n) is 1.48. The summed E-state index contributed by atoms with van der Waals surface area (Å²) in [4.78, 5) is 4.18.